The normalized spacial score (nSPS) is 12.7. The van der Waals surface area contributed by atoms with E-state index in [1.165, 1.54) is 18.4 Å². The predicted octanol–water partition coefficient (Wildman–Crippen LogP) is 3.06. The number of anilines is 1. The number of benzene rings is 1. The van der Waals surface area contributed by atoms with Crippen molar-refractivity contribution in [3.8, 4) is 0 Å². The number of nitrogens with one attached hydrogen (secondary N) is 2. The van der Waals surface area contributed by atoms with Crippen LogP contribution in [0.3, 0.4) is 0 Å². The average molecular weight is 366 g/mol. The fourth-order valence-corrected chi connectivity index (χ4v) is 3.93. The van der Waals surface area contributed by atoms with E-state index in [2.05, 4.69) is 10.0 Å². The van der Waals surface area contributed by atoms with Gasteiger partial charge in [-0.15, -0.1) is 0 Å². The van der Waals surface area contributed by atoms with Crippen LogP contribution in [0.2, 0.25) is 0 Å². The van der Waals surface area contributed by atoms with Crippen molar-refractivity contribution in [3.63, 3.8) is 0 Å². The molecule has 0 spiro atoms. The van der Waals surface area contributed by atoms with Gasteiger partial charge in [0, 0.05) is 6.04 Å². The van der Waals surface area contributed by atoms with Crippen LogP contribution in [0, 0.1) is 0 Å². The lowest BCUT2D eigenvalue weighted by Crippen LogP contribution is -2.33. The molecule has 0 saturated carbocycles. The smallest absolute Gasteiger partial charge is 0.335 e. The molecule has 0 amide bonds. The van der Waals surface area contributed by atoms with E-state index in [4.69, 9.17) is 9.52 Å². The third-order valence-electron chi connectivity index (χ3n) is 3.63. The Balaban J connectivity index is 2.33. The van der Waals surface area contributed by atoms with Gasteiger partial charge in [-0.3, -0.25) is 0 Å². The van der Waals surface area contributed by atoms with Gasteiger partial charge in [0.2, 0.25) is 10.0 Å². The number of carboxylic acids is 1. The van der Waals surface area contributed by atoms with Crippen LogP contribution in [0.15, 0.2) is 45.9 Å². The first-order valence-corrected chi connectivity index (χ1v) is 9.47. The quantitative estimate of drug-likeness (QED) is 0.629. The molecular formula is C17H22N2O5S. The highest BCUT2D eigenvalue weighted by molar-refractivity contribution is 7.89. The lowest BCUT2D eigenvalue weighted by Gasteiger charge is -2.17. The molecule has 2 rings (SSSR count). The molecule has 136 valence electrons. The van der Waals surface area contributed by atoms with Crippen LogP contribution in [-0.4, -0.2) is 25.5 Å². The molecule has 8 heteroatoms. The highest BCUT2D eigenvalue weighted by Gasteiger charge is 2.22. The second kappa shape index (κ2) is 8.17. The Bertz CT molecular complexity index is 816. The molecule has 7 nitrogen and oxygen atoms in total. The van der Waals surface area contributed by atoms with Gasteiger partial charge in [-0.25, -0.2) is 17.9 Å². The Morgan fingerprint density at radius 2 is 2.08 bits per heavy atom. The third kappa shape index (κ3) is 5.07. The van der Waals surface area contributed by atoms with Gasteiger partial charge in [0.05, 0.1) is 24.1 Å². The monoisotopic (exact) mass is 366 g/mol. The van der Waals surface area contributed by atoms with E-state index in [0.29, 0.717) is 17.9 Å². The van der Waals surface area contributed by atoms with Crippen LogP contribution in [0.25, 0.3) is 0 Å². The summed E-state index contributed by atoms with van der Waals surface area (Å²) in [4.78, 5) is 11.1. The molecular weight excluding hydrogens is 344 g/mol. The molecule has 1 heterocycles. The van der Waals surface area contributed by atoms with Crippen molar-refractivity contribution in [2.24, 2.45) is 0 Å². The van der Waals surface area contributed by atoms with Crippen LogP contribution in [0.5, 0.6) is 0 Å². The van der Waals surface area contributed by atoms with Gasteiger partial charge in [0.1, 0.15) is 10.7 Å². The summed E-state index contributed by atoms with van der Waals surface area (Å²) in [5, 5.41) is 12.1. The maximum absolute atomic E-state index is 12.7. The van der Waals surface area contributed by atoms with Crippen LogP contribution in [0.4, 0.5) is 5.69 Å². The van der Waals surface area contributed by atoms with Crippen LogP contribution < -0.4 is 10.0 Å². The van der Waals surface area contributed by atoms with Crippen molar-refractivity contribution in [1.29, 1.82) is 0 Å². The second-order valence-electron chi connectivity index (χ2n) is 5.76. The van der Waals surface area contributed by atoms with Crippen LogP contribution in [0.1, 0.15) is 42.8 Å². The molecule has 1 atom stereocenters. The Morgan fingerprint density at radius 1 is 1.32 bits per heavy atom. The minimum Gasteiger partial charge on any atom is -0.478 e. The molecule has 0 unspecified atom stereocenters. The number of rotatable bonds is 9. The van der Waals surface area contributed by atoms with E-state index < -0.39 is 16.0 Å². The van der Waals surface area contributed by atoms with Crippen molar-refractivity contribution in [3.05, 3.63) is 47.9 Å². The van der Waals surface area contributed by atoms with Gasteiger partial charge >= 0.3 is 5.97 Å². The van der Waals surface area contributed by atoms with Gasteiger partial charge in [0.25, 0.3) is 0 Å². The Kier molecular flexibility index (Phi) is 6.22. The summed E-state index contributed by atoms with van der Waals surface area (Å²) >= 11 is 0. The molecule has 3 N–H and O–H groups in total. The molecule has 0 bridgehead atoms. The first-order chi connectivity index (χ1) is 11.8. The SMILES string of the molecule is CCC[C@@H](C)NS(=O)(=O)c1cc(C(=O)O)ccc1NCc1ccco1. The van der Waals surface area contributed by atoms with E-state index in [0.717, 1.165) is 12.5 Å². The topological polar surface area (TPSA) is 109 Å². The molecule has 1 aromatic carbocycles. The van der Waals surface area contributed by atoms with E-state index in [1.807, 2.05) is 6.92 Å². The Labute approximate surface area is 147 Å². The highest BCUT2D eigenvalue weighted by Crippen LogP contribution is 2.24. The zero-order valence-corrected chi connectivity index (χ0v) is 15.0. The number of furan rings is 1. The van der Waals surface area contributed by atoms with Crippen LogP contribution in [-0.2, 0) is 16.6 Å². The van der Waals surface area contributed by atoms with Gasteiger partial charge in [0.15, 0.2) is 0 Å². The van der Waals surface area contributed by atoms with Crippen LogP contribution >= 0.6 is 0 Å². The van der Waals surface area contributed by atoms with Crippen molar-refractivity contribution in [1.82, 2.24) is 4.72 Å². The Morgan fingerprint density at radius 3 is 2.68 bits per heavy atom. The fourth-order valence-electron chi connectivity index (χ4n) is 2.44. The lowest BCUT2D eigenvalue weighted by molar-refractivity contribution is 0.0696. The summed E-state index contributed by atoms with van der Waals surface area (Å²) in [6.45, 7) is 4.02. The Hall–Kier alpha value is -2.32. The average Bonchev–Trinajstić information content (AvgIpc) is 3.05. The lowest BCUT2D eigenvalue weighted by atomic mass is 10.2. The molecule has 1 aromatic heterocycles. The maximum Gasteiger partial charge on any atom is 0.335 e. The van der Waals surface area contributed by atoms with Crippen molar-refractivity contribution >= 4 is 21.7 Å². The fraction of sp³-hybridized carbons (Fsp3) is 0.353. The third-order valence-corrected chi connectivity index (χ3v) is 5.26. The second-order valence-corrected chi connectivity index (χ2v) is 7.44. The molecule has 0 aliphatic rings. The molecule has 25 heavy (non-hydrogen) atoms. The summed E-state index contributed by atoms with van der Waals surface area (Å²) < 4.78 is 33.2. The summed E-state index contributed by atoms with van der Waals surface area (Å²) in [6.07, 6.45) is 3.05. The van der Waals surface area contributed by atoms with Crippen molar-refractivity contribution in [2.45, 2.75) is 44.2 Å². The molecule has 0 radical (unpaired) electrons. The molecule has 0 aliphatic heterocycles. The van der Waals surface area contributed by atoms with E-state index in [-0.39, 0.29) is 23.0 Å². The number of carbonyl (C=O) groups is 1. The first-order valence-electron chi connectivity index (χ1n) is 7.99. The summed E-state index contributed by atoms with van der Waals surface area (Å²) in [6, 6.07) is 7.21. The minimum atomic E-state index is -3.87. The van der Waals surface area contributed by atoms with E-state index in [9.17, 15) is 13.2 Å². The number of sulfonamides is 1. The number of hydrogen-bond donors (Lipinski definition) is 3. The molecule has 2 aromatic rings. The number of aromatic carboxylic acids is 1. The zero-order chi connectivity index (χ0) is 18.4. The zero-order valence-electron chi connectivity index (χ0n) is 14.2. The number of carboxylic acid groups (broad SMARTS) is 1. The summed E-state index contributed by atoms with van der Waals surface area (Å²) in [5.41, 5.74) is 0.227. The van der Waals surface area contributed by atoms with Gasteiger partial charge < -0.3 is 14.8 Å². The first kappa shape index (κ1) is 19.0. The standard InChI is InChI=1S/C17H22N2O5S/c1-3-5-12(2)19-25(22,23)16-10-13(17(20)21)7-8-15(16)18-11-14-6-4-9-24-14/h4,6-10,12,18-19H,3,5,11H2,1-2H3,(H,20,21)/t12-/m1/s1. The largest absolute Gasteiger partial charge is 0.478 e. The minimum absolute atomic E-state index is 0.0907. The predicted molar refractivity (Wildman–Crippen MR) is 94.1 cm³/mol. The molecule has 0 fully saturated rings. The van der Waals surface area contributed by atoms with Crippen molar-refractivity contribution < 1.29 is 22.7 Å². The molecule has 0 aliphatic carbocycles. The van der Waals surface area contributed by atoms with E-state index in [1.54, 1.807) is 19.1 Å². The van der Waals surface area contributed by atoms with Gasteiger partial charge in [-0.1, -0.05) is 13.3 Å². The summed E-state index contributed by atoms with van der Waals surface area (Å²) in [5.74, 6) is -0.548. The van der Waals surface area contributed by atoms with E-state index >= 15 is 0 Å². The number of hydrogen-bond acceptors (Lipinski definition) is 5. The molecule has 0 saturated heterocycles. The van der Waals surface area contributed by atoms with Crippen molar-refractivity contribution in [2.75, 3.05) is 5.32 Å². The maximum atomic E-state index is 12.7. The van der Waals surface area contributed by atoms with Gasteiger partial charge in [-0.2, -0.15) is 0 Å². The highest BCUT2D eigenvalue weighted by atomic mass is 32.2. The summed E-state index contributed by atoms with van der Waals surface area (Å²) in [7, 11) is -3.87. The van der Waals surface area contributed by atoms with Gasteiger partial charge in [-0.05, 0) is 43.7 Å².